The summed E-state index contributed by atoms with van der Waals surface area (Å²) >= 11 is 0. The summed E-state index contributed by atoms with van der Waals surface area (Å²) < 4.78 is 10.7. The number of nitro groups is 1. The number of rotatable bonds is 3. The molecule has 0 heterocycles. The zero-order chi connectivity index (χ0) is 10.8. The molecule has 7 heteroatoms. The molecule has 0 saturated carbocycles. The lowest BCUT2D eigenvalue weighted by Crippen LogP contribution is -2.17. The van der Waals surface area contributed by atoms with Crippen LogP contribution in [0.1, 0.15) is 11.3 Å². The van der Waals surface area contributed by atoms with Crippen LogP contribution in [0.5, 0.6) is 0 Å². The predicted octanol–water partition coefficient (Wildman–Crippen LogP) is 0.508. The summed E-state index contributed by atoms with van der Waals surface area (Å²) in [5.41, 5.74) is -0.0571. The number of nitrogens with zero attached hydrogens (tertiary/aromatic N) is 1. The molecule has 0 aromatic heterocycles. The second kappa shape index (κ2) is 3.88. The maximum Gasteiger partial charge on any atom is 0.298 e. The Morgan fingerprint density at radius 2 is 1.86 bits per heavy atom. The second-order valence-electron chi connectivity index (χ2n) is 2.63. The van der Waals surface area contributed by atoms with Crippen molar-refractivity contribution in [2.75, 3.05) is 0 Å². The lowest BCUT2D eigenvalue weighted by atomic mass is 10.2. The van der Waals surface area contributed by atoms with Crippen LogP contribution in [-0.4, -0.2) is 9.82 Å². The summed E-state index contributed by atoms with van der Waals surface area (Å²) in [7, 11) is -5.00. The van der Waals surface area contributed by atoms with Gasteiger partial charge in [-0.05, 0) is 0 Å². The average Bonchev–Trinajstić information content (AvgIpc) is 2.02. The molecule has 1 rings (SSSR count). The minimum absolute atomic E-state index is 0.0571. The normalized spacial score (nSPS) is 17.0. The molecule has 1 N–H and O–H groups in total. The van der Waals surface area contributed by atoms with E-state index in [1.165, 1.54) is 24.3 Å². The van der Waals surface area contributed by atoms with Gasteiger partial charge >= 0.3 is 0 Å². The van der Waals surface area contributed by atoms with Gasteiger partial charge in [-0.3, -0.25) is 10.1 Å². The van der Waals surface area contributed by atoms with Crippen LogP contribution in [0.3, 0.4) is 0 Å². The fourth-order valence-electron chi connectivity index (χ4n) is 1.05. The van der Waals surface area contributed by atoms with Gasteiger partial charge in [-0.1, -0.05) is 30.3 Å². The van der Waals surface area contributed by atoms with Gasteiger partial charge in [0.25, 0.3) is 5.78 Å². The van der Waals surface area contributed by atoms with Crippen molar-refractivity contribution in [3.8, 4) is 0 Å². The van der Waals surface area contributed by atoms with Crippen LogP contribution in [0.2, 0.25) is 0 Å². The van der Waals surface area contributed by atoms with Gasteiger partial charge < -0.3 is 14.4 Å². The third kappa shape index (κ3) is 2.38. The smallest absolute Gasteiger partial charge is 0.298 e. The van der Waals surface area contributed by atoms with Crippen LogP contribution in [0.4, 0.5) is 0 Å². The molecule has 0 radical (unpaired) electrons. The summed E-state index contributed by atoms with van der Waals surface area (Å²) in [6, 6.07) is 7.05. The minimum atomic E-state index is -5.00. The van der Waals surface area contributed by atoms with Gasteiger partial charge in [-0.2, -0.15) is 0 Å². The van der Waals surface area contributed by atoms with Crippen molar-refractivity contribution in [2.24, 2.45) is 0 Å². The molecule has 1 aromatic carbocycles. The van der Waals surface area contributed by atoms with Crippen molar-refractivity contribution in [1.82, 2.24) is 0 Å². The molecule has 0 bridgehead atoms. The standard InChI is InChI=1S/C7H8NO5P/c9-8(10)7(14(11,12)13)6-4-2-1-3-5-6/h1-5,7H,(H2,11,12,13)/p-1. The first-order valence-corrected chi connectivity index (χ1v) is 5.29. The molecule has 0 aliphatic carbocycles. The van der Waals surface area contributed by atoms with Crippen LogP contribution in [0.25, 0.3) is 0 Å². The van der Waals surface area contributed by atoms with Crippen molar-refractivity contribution in [3.63, 3.8) is 0 Å². The highest BCUT2D eigenvalue weighted by atomic mass is 31.2. The van der Waals surface area contributed by atoms with E-state index in [9.17, 15) is 19.6 Å². The lowest BCUT2D eigenvalue weighted by molar-refractivity contribution is -0.512. The van der Waals surface area contributed by atoms with Crippen molar-refractivity contribution < 1.29 is 19.3 Å². The number of benzene rings is 1. The zero-order valence-electron chi connectivity index (χ0n) is 6.94. The highest BCUT2D eigenvalue weighted by Gasteiger charge is 2.33. The molecule has 76 valence electrons. The molecule has 14 heavy (non-hydrogen) atoms. The molecule has 0 aliphatic rings. The summed E-state index contributed by atoms with van der Waals surface area (Å²) in [5, 5.41) is 10.4. The van der Waals surface area contributed by atoms with E-state index in [-0.39, 0.29) is 5.56 Å². The van der Waals surface area contributed by atoms with Crippen molar-refractivity contribution in [2.45, 2.75) is 5.78 Å². The van der Waals surface area contributed by atoms with Crippen LogP contribution in [0, 0.1) is 10.1 Å². The van der Waals surface area contributed by atoms with E-state index >= 15 is 0 Å². The van der Waals surface area contributed by atoms with Gasteiger partial charge in [0.05, 0.1) is 0 Å². The summed E-state index contributed by atoms with van der Waals surface area (Å²) in [6.07, 6.45) is 0. The van der Waals surface area contributed by atoms with Crippen molar-refractivity contribution in [1.29, 1.82) is 0 Å². The maximum absolute atomic E-state index is 10.7. The second-order valence-corrected chi connectivity index (χ2v) is 4.25. The average molecular weight is 216 g/mol. The van der Waals surface area contributed by atoms with Crippen LogP contribution < -0.4 is 4.89 Å². The highest BCUT2D eigenvalue weighted by molar-refractivity contribution is 7.50. The lowest BCUT2D eigenvalue weighted by Gasteiger charge is -2.19. The van der Waals surface area contributed by atoms with E-state index in [0.29, 0.717) is 0 Å². The summed E-state index contributed by atoms with van der Waals surface area (Å²) in [6.45, 7) is 0. The maximum atomic E-state index is 10.7. The number of hydrogen-bond acceptors (Lipinski definition) is 4. The molecular weight excluding hydrogens is 209 g/mol. The Hall–Kier alpha value is -1.23. The topological polar surface area (TPSA) is 104 Å². The van der Waals surface area contributed by atoms with E-state index in [2.05, 4.69) is 0 Å². The molecular formula is C7H7NO5P-. The fourth-order valence-corrected chi connectivity index (χ4v) is 1.84. The summed E-state index contributed by atoms with van der Waals surface area (Å²) in [5.74, 6) is -2.08. The summed E-state index contributed by atoms with van der Waals surface area (Å²) in [4.78, 5) is 28.8. The van der Waals surface area contributed by atoms with Crippen molar-refractivity contribution >= 4 is 7.60 Å². The Morgan fingerprint density at radius 1 is 1.36 bits per heavy atom. The minimum Gasteiger partial charge on any atom is -0.773 e. The van der Waals surface area contributed by atoms with E-state index in [4.69, 9.17) is 4.89 Å². The van der Waals surface area contributed by atoms with Gasteiger partial charge in [0, 0.05) is 10.5 Å². The Balaban J connectivity index is 3.15. The van der Waals surface area contributed by atoms with Gasteiger partial charge in [-0.15, -0.1) is 0 Å². The molecule has 2 unspecified atom stereocenters. The molecule has 0 aliphatic heterocycles. The molecule has 0 fully saturated rings. The highest BCUT2D eigenvalue weighted by Crippen LogP contribution is 2.47. The van der Waals surface area contributed by atoms with E-state index < -0.39 is 18.3 Å². The quantitative estimate of drug-likeness (QED) is 0.450. The Morgan fingerprint density at radius 3 is 2.21 bits per heavy atom. The largest absolute Gasteiger partial charge is 0.773 e. The molecule has 0 amide bonds. The molecule has 1 aromatic rings. The first-order valence-electron chi connectivity index (χ1n) is 3.65. The third-order valence-corrected chi connectivity index (χ3v) is 2.71. The van der Waals surface area contributed by atoms with Crippen molar-refractivity contribution in [3.05, 3.63) is 46.0 Å². The van der Waals surface area contributed by atoms with Crippen LogP contribution in [-0.2, 0) is 4.57 Å². The molecule has 2 atom stereocenters. The van der Waals surface area contributed by atoms with E-state index in [1.807, 2.05) is 0 Å². The zero-order valence-corrected chi connectivity index (χ0v) is 7.83. The van der Waals surface area contributed by atoms with E-state index in [1.54, 1.807) is 6.07 Å². The Kier molecular flexibility index (Phi) is 3.00. The van der Waals surface area contributed by atoms with Crippen LogP contribution in [0.15, 0.2) is 30.3 Å². The molecule has 0 saturated heterocycles. The molecule has 6 nitrogen and oxygen atoms in total. The first kappa shape index (κ1) is 10.8. The predicted molar refractivity (Wildman–Crippen MR) is 46.0 cm³/mol. The Labute approximate surface area is 79.5 Å². The van der Waals surface area contributed by atoms with Gasteiger partial charge in [0.15, 0.2) is 0 Å². The molecule has 0 spiro atoms. The SMILES string of the molecule is O=[N+]([O-])C(c1ccccc1)P(=O)([O-])O. The Bertz CT molecular complexity index is 373. The monoisotopic (exact) mass is 216 g/mol. The first-order chi connectivity index (χ1) is 6.43. The van der Waals surface area contributed by atoms with Gasteiger partial charge in [-0.25, -0.2) is 0 Å². The van der Waals surface area contributed by atoms with Gasteiger partial charge in [0.2, 0.25) is 7.60 Å². The van der Waals surface area contributed by atoms with E-state index in [0.717, 1.165) is 0 Å². The number of hydrogen-bond donors (Lipinski definition) is 1. The fraction of sp³-hybridized carbons (Fsp3) is 0.143. The third-order valence-electron chi connectivity index (χ3n) is 1.61. The van der Waals surface area contributed by atoms with Gasteiger partial charge in [0.1, 0.15) is 0 Å². The van der Waals surface area contributed by atoms with Crippen LogP contribution >= 0.6 is 7.60 Å².